The van der Waals surface area contributed by atoms with Gasteiger partial charge in [0.15, 0.2) is 5.13 Å². The minimum atomic E-state index is -3.71. The van der Waals surface area contributed by atoms with E-state index >= 15 is 0 Å². The Morgan fingerprint density at radius 3 is 2.31 bits per heavy atom. The molecule has 12 heteroatoms. The number of nitrogen functional groups attached to an aromatic ring is 3. The largest absolute Gasteiger partial charge is 0.383 e. The predicted octanol–water partition coefficient (Wildman–Crippen LogP) is 1.23. The number of thiazole rings is 1. The average Bonchev–Trinajstić information content (AvgIpc) is 3.06. The predicted molar refractivity (Wildman–Crippen MR) is 102 cm³/mol. The van der Waals surface area contributed by atoms with E-state index in [9.17, 15) is 8.42 Å². The van der Waals surface area contributed by atoms with Crippen LogP contribution in [0.1, 0.15) is 5.56 Å². The van der Waals surface area contributed by atoms with Crippen molar-refractivity contribution in [1.29, 1.82) is 0 Å². The summed E-state index contributed by atoms with van der Waals surface area (Å²) in [5.41, 5.74) is 17.8. The van der Waals surface area contributed by atoms with Gasteiger partial charge in [-0.05, 0) is 24.3 Å². The lowest BCUT2D eigenvalue weighted by Gasteiger charge is -2.05. The molecule has 10 nitrogen and oxygen atoms in total. The summed E-state index contributed by atoms with van der Waals surface area (Å²) in [4.78, 5) is 15.8. The second kappa shape index (κ2) is 6.93. The number of hydrogen-bond donors (Lipinski definition) is 4. The number of nitrogens with two attached hydrogens (primary N) is 3. The van der Waals surface area contributed by atoms with Gasteiger partial charge in [-0.15, -0.1) is 11.3 Å². The van der Waals surface area contributed by atoms with E-state index in [1.165, 1.54) is 48.0 Å². The van der Waals surface area contributed by atoms with E-state index in [0.29, 0.717) is 16.4 Å². The molecule has 2 aromatic heterocycles. The zero-order chi connectivity index (χ0) is 18.7. The summed E-state index contributed by atoms with van der Waals surface area (Å²) < 4.78 is 26.9. The van der Waals surface area contributed by atoms with Crippen molar-refractivity contribution >= 4 is 56.0 Å². The molecule has 0 aliphatic carbocycles. The number of benzene rings is 1. The summed E-state index contributed by atoms with van der Waals surface area (Å²) >= 11 is 1.19. The molecule has 1 aromatic carbocycles. The van der Waals surface area contributed by atoms with Crippen molar-refractivity contribution in [3.63, 3.8) is 0 Å². The van der Waals surface area contributed by atoms with Crippen molar-refractivity contribution in [1.82, 2.24) is 15.0 Å². The molecule has 0 aliphatic rings. The topological polar surface area (TPSA) is 175 Å². The second-order valence-electron chi connectivity index (χ2n) is 4.96. The average molecular weight is 390 g/mol. The Kier molecular flexibility index (Phi) is 4.69. The van der Waals surface area contributed by atoms with Crippen LogP contribution in [0.2, 0.25) is 0 Å². The Hall–Kier alpha value is -3.25. The molecule has 3 rings (SSSR count). The van der Waals surface area contributed by atoms with Crippen LogP contribution in [0.4, 0.5) is 28.4 Å². The molecule has 0 amide bonds. The zero-order valence-electron chi connectivity index (χ0n) is 13.2. The summed E-state index contributed by atoms with van der Waals surface area (Å²) in [6, 6.07) is 5.93. The number of nitrogens with one attached hydrogen (secondary N) is 1. The molecule has 3 aromatic rings. The third kappa shape index (κ3) is 3.87. The van der Waals surface area contributed by atoms with Crippen molar-refractivity contribution < 1.29 is 8.42 Å². The number of anilines is 4. The van der Waals surface area contributed by atoms with Crippen molar-refractivity contribution in [2.45, 2.75) is 4.90 Å². The summed E-state index contributed by atoms with van der Waals surface area (Å²) in [5.74, 6) is 0.177. The van der Waals surface area contributed by atoms with Gasteiger partial charge in [0, 0.05) is 17.8 Å². The standard InChI is InChI=1S/C14H14N8O2S2/c15-11-10(12(16)21-13(17)20-11)7-19-8-1-3-9(4-2-8)26(23,24)22-14-18-5-6-25-14/h1-7H,(H,18,22)(H6,15,16,17,20,21). The highest BCUT2D eigenvalue weighted by Gasteiger charge is 2.15. The number of hydrogen-bond acceptors (Lipinski definition) is 10. The Balaban J connectivity index is 1.80. The Labute approximate surface area is 152 Å². The lowest BCUT2D eigenvalue weighted by Crippen LogP contribution is -2.12. The third-order valence-corrected chi connectivity index (χ3v) is 5.34. The second-order valence-corrected chi connectivity index (χ2v) is 7.54. The van der Waals surface area contributed by atoms with Crippen LogP contribution >= 0.6 is 11.3 Å². The first-order chi connectivity index (χ1) is 12.3. The first-order valence-electron chi connectivity index (χ1n) is 7.10. The van der Waals surface area contributed by atoms with Crippen molar-refractivity contribution in [2.75, 3.05) is 21.9 Å². The highest BCUT2D eigenvalue weighted by Crippen LogP contribution is 2.21. The van der Waals surface area contributed by atoms with Gasteiger partial charge in [-0.1, -0.05) is 0 Å². The third-order valence-electron chi connectivity index (χ3n) is 3.17. The summed E-state index contributed by atoms with van der Waals surface area (Å²) in [6.07, 6.45) is 2.90. The van der Waals surface area contributed by atoms with E-state index in [1.54, 1.807) is 5.38 Å². The molecular weight excluding hydrogens is 376 g/mol. The van der Waals surface area contributed by atoms with Crippen LogP contribution < -0.4 is 21.9 Å². The molecule has 0 atom stereocenters. The zero-order valence-corrected chi connectivity index (χ0v) is 14.8. The fourth-order valence-corrected chi connectivity index (χ4v) is 3.74. The number of aliphatic imine (C=N–C) groups is 1. The van der Waals surface area contributed by atoms with Gasteiger partial charge < -0.3 is 17.2 Å². The molecule has 2 heterocycles. The van der Waals surface area contributed by atoms with Crippen LogP contribution in [-0.4, -0.2) is 29.6 Å². The molecule has 0 spiro atoms. The number of aromatic nitrogens is 3. The van der Waals surface area contributed by atoms with Gasteiger partial charge in [0.1, 0.15) is 11.6 Å². The molecule has 0 saturated carbocycles. The van der Waals surface area contributed by atoms with Crippen molar-refractivity contribution in [2.24, 2.45) is 4.99 Å². The smallest absolute Gasteiger partial charge is 0.263 e. The molecule has 0 fully saturated rings. The maximum atomic E-state index is 12.3. The molecule has 134 valence electrons. The minimum Gasteiger partial charge on any atom is -0.383 e. The maximum Gasteiger partial charge on any atom is 0.263 e. The van der Waals surface area contributed by atoms with E-state index in [2.05, 4.69) is 24.7 Å². The molecule has 0 bridgehead atoms. The number of rotatable bonds is 5. The molecule has 26 heavy (non-hydrogen) atoms. The molecule has 0 radical (unpaired) electrons. The van der Waals surface area contributed by atoms with Gasteiger partial charge in [-0.3, -0.25) is 9.71 Å². The fraction of sp³-hybridized carbons (Fsp3) is 0. The SMILES string of the molecule is Nc1nc(N)c(C=Nc2ccc(S(=O)(=O)Nc3nccs3)cc2)c(N)n1. The first kappa shape index (κ1) is 17.6. The minimum absolute atomic E-state index is 0.0283. The van der Waals surface area contributed by atoms with Gasteiger partial charge in [0.05, 0.1) is 16.1 Å². The molecule has 0 saturated heterocycles. The Bertz CT molecular complexity index is 1020. The maximum absolute atomic E-state index is 12.3. The fourth-order valence-electron chi connectivity index (χ4n) is 1.95. The van der Waals surface area contributed by atoms with E-state index < -0.39 is 10.0 Å². The van der Waals surface area contributed by atoms with E-state index in [1.807, 2.05) is 0 Å². The number of sulfonamides is 1. The van der Waals surface area contributed by atoms with Crippen LogP contribution in [0.25, 0.3) is 0 Å². The van der Waals surface area contributed by atoms with Gasteiger partial charge in [0.25, 0.3) is 10.0 Å². The van der Waals surface area contributed by atoms with Gasteiger partial charge in [0.2, 0.25) is 5.95 Å². The lowest BCUT2D eigenvalue weighted by molar-refractivity contribution is 0.601. The van der Waals surface area contributed by atoms with Gasteiger partial charge >= 0.3 is 0 Å². The number of nitrogens with zero attached hydrogens (tertiary/aromatic N) is 4. The molecule has 0 unspecified atom stereocenters. The van der Waals surface area contributed by atoms with E-state index in [-0.39, 0.29) is 22.5 Å². The molecule has 7 N–H and O–H groups in total. The van der Waals surface area contributed by atoms with Crippen molar-refractivity contribution in [3.8, 4) is 0 Å². The van der Waals surface area contributed by atoms with Crippen LogP contribution in [0, 0.1) is 0 Å². The Morgan fingerprint density at radius 1 is 1.08 bits per heavy atom. The molecular formula is C14H14N8O2S2. The van der Waals surface area contributed by atoms with E-state index in [4.69, 9.17) is 17.2 Å². The quantitative estimate of drug-likeness (QED) is 0.470. The van der Waals surface area contributed by atoms with Crippen molar-refractivity contribution in [3.05, 3.63) is 41.4 Å². The van der Waals surface area contributed by atoms with E-state index in [0.717, 1.165) is 0 Å². The highest BCUT2D eigenvalue weighted by atomic mass is 32.2. The van der Waals surface area contributed by atoms with Crippen LogP contribution in [0.15, 0.2) is 45.7 Å². The normalized spacial score (nSPS) is 11.7. The summed E-state index contributed by atoms with van der Waals surface area (Å²) in [7, 11) is -3.71. The van der Waals surface area contributed by atoms with Gasteiger partial charge in [-0.25, -0.2) is 13.4 Å². The molecule has 0 aliphatic heterocycles. The summed E-state index contributed by atoms with van der Waals surface area (Å²) in [6.45, 7) is 0. The summed E-state index contributed by atoms with van der Waals surface area (Å²) in [5, 5.41) is 1.97. The monoisotopic (exact) mass is 390 g/mol. The highest BCUT2D eigenvalue weighted by molar-refractivity contribution is 7.93. The lowest BCUT2D eigenvalue weighted by atomic mass is 10.3. The van der Waals surface area contributed by atoms with Gasteiger partial charge in [-0.2, -0.15) is 9.97 Å². The first-order valence-corrected chi connectivity index (χ1v) is 9.46. The van der Waals surface area contributed by atoms with Crippen LogP contribution in [0.3, 0.4) is 0 Å². The van der Waals surface area contributed by atoms with Crippen LogP contribution in [0.5, 0.6) is 0 Å². The van der Waals surface area contributed by atoms with Crippen LogP contribution in [-0.2, 0) is 10.0 Å². The Morgan fingerprint density at radius 2 is 1.73 bits per heavy atom.